The number of hydrogen-bond donors (Lipinski definition) is 1. The van der Waals surface area contributed by atoms with Gasteiger partial charge in [-0.15, -0.1) is 0 Å². The molecular weight excluding hydrogens is 397 g/mol. The van der Waals surface area contributed by atoms with Gasteiger partial charge in [0.25, 0.3) is 0 Å². The third-order valence-electron chi connectivity index (χ3n) is 4.97. The summed E-state index contributed by atoms with van der Waals surface area (Å²) in [5.74, 6) is -0.183. The highest BCUT2D eigenvalue weighted by Gasteiger charge is 2.31. The Labute approximate surface area is 173 Å². The van der Waals surface area contributed by atoms with Crippen molar-refractivity contribution in [1.29, 1.82) is 0 Å². The number of pyridine rings is 1. The SMILES string of the molecule is COc1ccc(C(F)(F)F)cc1NC(=O)CN1CCN(Cc2cncc(C)c2)CC1. The molecule has 2 aromatic rings. The molecule has 1 aliphatic heterocycles. The monoisotopic (exact) mass is 422 g/mol. The van der Waals surface area contributed by atoms with E-state index in [-0.39, 0.29) is 23.9 Å². The van der Waals surface area contributed by atoms with E-state index in [2.05, 4.69) is 21.3 Å². The van der Waals surface area contributed by atoms with Gasteiger partial charge in [0.2, 0.25) is 5.91 Å². The highest BCUT2D eigenvalue weighted by Crippen LogP contribution is 2.34. The molecule has 0 atom stereocenters. The number of piperazine rings is 1. The molecule has 1 fully saturated rings. The molecule has 1 aromatic carbocycles. The minimum Gasteiger partial charge on any atom is -0.495 e. The summed E-state index contributed by atoms with van der Waals surface area (Å²) in [5, 5.41) is 2.55. The first-order valence-electron chi connectivity index (χ1n) is 9.65. The van der Waals surface area contributed by atoms with Gasteiger partial charge in [0.15, 0.2) is 0 Å². The van der Waals surface area contributed by atoms with Crippen LogP contribution in [-0.4, -0.2) is 60.5 Å². The standard InChI is InChI=1S/C21H25F3N4O2/c1-15-9-16(12-25-11-15)13-27-5-7-28(8-6-27)14-20(29)26-18-10-17(21(22,23)24)3-4-19(18)30-2/h3-4,9-12H,5-8,13-14H2,1-2H3,(H,26,29). The summed E-state index contributed by atoms with van der Waals surface area (Å²) < 4.78 is 44.0. The van der Waals surface area contributed by atoms with Crippen molar-refractivity contribution in [2.45, 2.75) is 19.6 Å². The molecule has 1 N–H and O–H groups in total. The zero-order chi connectivity index (χ0) is 21.7. The van der Waals surface area contributed by atoms with Crippen molar-refractivity contribution in [2.24, 2.45) is 0 Å². The van der Waals surface area contributed by atoms with Crippen molar-refractivity contribution in [3.8, 4) is 5.75 Å². The first kappa shape index (κ1) is 22.0. The van der Waals surface area contributed by atoms with E-state index in [9.17, 15) is 18.0 Å². The number of anilines is 1. The molecule has 1 aliphatic rings. The second-order valence-corrected chi connectivity index (χ2v) is 7.38. The molecule has 162 valence electrons. The van der Waals surface area contributed by atoms with E-state index in [1.165, 1.54) is 13.2 Å². The summed E-state index contributed by atoms with van der Waals surface area (Å²) in [6.45, 7) is 5.92. The van der Waals surface area contributed by atoms with Crippen LogP contribution in [0.4, 0.5) is 18.9 Å². The van der Waals surface area contributed by atoms with E-state index >= 15 is 0 Å². The summed E-state index contributed by atoms with van der Waals surface area (Å²) in [6.07, 6.45) is -0.816. The number of halogens is 3. The lowest BCUT2D eigenvalue weighted by molar-refractivity contribution is -0.137. The molecule has 6 nitrogen and oxygen atoms in total. The van der Waals surface area contributed by atoms with Crippen LogP contribution >= 0.6 is 0 Å². The normalized spacial score (nSPS) is 15.8. The highest BCUT2D eigenvalue weighted by molar-refractivity contribution is 5.93. The van der Waals surface area contributed by atoms with Crippen molar-refractivity contribution in [3.05, 3.63) is 53.3 Å². The summed E-state index contributed by atoms with van der Waals surface area (Å²) in [7, 11) is 1.35. The fourth-order valence-corrected chi connectivity index (χ4v) is 3.44. The van der Waals surface area contributed by atoms with Crippen molar-refractivity contribution in [2.75, 3.05) is 45.2 Å². The van der Waals surface area contributed by atoms with Crippen LogP contribution in [0.25, 0.3) is 0 Å². The molecule has 0 spiro atoms. The van der Waals surface area contributed by atoms with Crippen molar-refractivity contribution < 1.29 is 22.7 Å². The maximum Gasteiger partial charge on any atom is 0.416 e. The molecule has 30 heavy (non-hydrogen) atoms. The Bertz CT molecular complexity index is 881. The number of hydrogen-bond acceptors (Lipinski definition) is 5. The topological polar surface area (TPSA) is 57.7 Å². The van der Waals surface area contributed by atoms with Gasteiger partial charge in [0.1, 0.15) is 5.75 Å². The average molecular weight is 422 g/mol. The minimum absolute atomic E-state index is 0.0166. The number of alkyl halides is 3. The van der Waals surface area contributed by atoms with E-state index in [4.69, 9.17) is 4.74 Å². The number of carbonyl (C=O) groups is 1. The van der Waals surface area contributed by atoms with Gasteiger partial charge in [-0.2, -0.15) is 13.2 Å². The Morgan fingerprint density at radius 2 is 1.83 bits per heavy atom. The molecule has 0 saturated carbocycles. The van der Waals surface area contributed by atoms with Gasteiger partial charge < -0.3 is 10.1 Å². The highest BCUT2D eigenvalue weighted by atomic mass is 19.4. The predicted octanol–water partition coefficient (Wildman–Crippen LogP) is 3.17. The first-order valence-corrected chi connectivity index (χ1v) is 9.65. The molecule has 1 amide bonds. The number of methoxy groups -OCH3 is 1. The number of carbonyl (C=O) groups excluding carboxylic acids is 1. The molecular formula is C21H25F3N4O2. The number of aryl methyl sites for hydroxylation is 1. The van der Waals surface area contributed by atoms with Crippen LogP contribution in [0.15, 0.2) is 36.7 Å². The second kappa shape index (κ2) is 9.44. The van der Waals surface area contributed by atoms with Crippen LogP contribution < -0.4 is 10.1 Å². The molecule has 0 bridgehead atoms. The largest absolute Gasteiger partial charge is 0.495 e. The third-order valence-corrected chi connectivity index (χ3v) is 4.97. The molecule has 0 unspecified atom stereocenters. The lowest BCUT2D eigenvalue weighted by atomic mass is 10.1. The van der Waals surface area contributed by atoms with Crippen LogP contribution in [0.3, 0.4) is 0 Å². The third kappa shape index (κ3) is 5.93. The number of aromatic nitrogens is 1. The van der Waals surface area contributed by atoms with Crippen molar-refractivity contribution >= 4 is 11.6 Å². The number of benzene rings is 1. The molecule has 1 saturated heterocycles. The Morgan fingerprint density at radius 3 is 2.47 bits per heavy atom. The zero-order valence-electron chi connectivity index (χ0n) is 17.0. The van der Waals surface area contributed by atoms with Gasteiger partial charge in [-0.05, 0) is 36.2 Å². The minimum atomic E-state index is -4.49. The van der Waals surface area contributed by atoms with Crippen molar-refractivity contribution in [3.63, 3.8) is 0 Å². The zero-order valence-corrected chi connectivity index (χ0v) is 17.0. The first-order chi connectivity index (χ1) is 14.2. The van der Waals surface area contributed by atoms with Gasteiger partial charge in [0, 0.05) is 45.1 Å². The van der Waals surface area contributed by atoms with E-state index < -0.39 is 11.7 Å². The van der Waals surface area contributed by atoms with E-state index in [1.54, 1.807) is 0 Å². The number of nitrogens with one attached hydrogen (secondary N) is 1. The van der Waals surface area contributed by atoms with Gasteiger partial charge in [0.05, 0.1) is 24.9 Å². The summed E-state index contributed by atoms with van der Waals surface area (Å²) >= 11 is 0. The molecule has 9 heteroatoms. The Morgan fingerprint density at radius 1 is 1.13 bits per heavy atom. The van der Waals surface area contributed by atoms with Crippen LogP contribution in [-0.2, 0) is 17.5 Å². The fraction of sp³-hybridized carbons (Fsp3) is 0.429. The molecule has 2 heterocycles. The number of amides is 1. The fourth-order valence-electron chi connectivity index (χ4n) is 3.44. The molecule has 3 rings (SSSR count). The molecule has 1 aromatic heterocycles. The summed E-state index contributed by atoms with van der Waals surface area (Å²) in [4.78, 5) is 20.9. The number of nitrogens with zero attached hydrogens (tertiary/aromatic N) is 3. The van der Waals surface area contributed by atoms with Crippen LogP contribution in [0.1, 0.15) is 16.7 Å². The van der Waals surface area contributed by atoms with Crippen molar-refractivity contribution in [1.82, 2.24) is 14.8 Å². The number of rotatable bonds is 6. The number of ether oxygens (including phenoxy) is 1. The van der Waals surface area contributed by atoms with Gasteiger partial charge in [-0.3, -0.25) is 19.6 Å². The lowest BCUT2D eigenvalue weighted by Gasteiger charge is -2.34. The lowest BCUT2D eigenvalue weighted by Crippen LogP contribution is -2.48. The second-order valence-electron chi connectivity index (χ2n) is 7.38. The molecule has 0 radical (unpaired) electrons. The summed E-state index contributed by atoms with van der Waals surface area (Å²) in [6, 6.07) is 5.13. The van der Waals surface area contributed by atoms with Gasteiger partial charge in [-0.1, -0.05) is 6.07 Å². The van der Waals surface area contributed by atoms with Crippen LogP contribution in [0.2, 0.25) is 0 Å². The van der Waals surface area contributed by atoms with E-state index in [0.717, 1.165) is 42.9 Å². The maximum absolute atomic E-state index is 13.0. The van der Waals surface area contributed by atoms with Crippen LogP contribution in [0, 0.1) is 6.92 Å². The Balaban J connectivity index is 1.53. The average Bonchev–Trinajstić information content (AvgIpc) is 2.69. The van der Waals surface area contributed by atoms with Crippen LogP contribution in [0.5, 0.6) is 5.75 Å². The Hall–Kier alpha value is -2.65. The maximum atomic E-state index is 13.0. The smallest absolute Gasteiger partial charge is 0.416 e. The van der Waals surface area contributed by atoms with Gasteiger partial charge >= 0.3 is 6.18 Å². The van der Waals surface area contributed by atoms with E-state index in [0.29, 0.717) is 13.1 Å². The Kier molecular flexibility index (Phi) is 6.94. The van der Waals surface area contributed by atoms with Gasteiger partial charge in [-0.25, -0.2) is 0 Å². The van der Waals surface area contributed by atoms with E-state index in [1.807, 2.05) is 24.2 Å². The predicted molar refractivity (Wildman–Crippen MR) is 107 cm³/mol. The molecule has 0 aliphatic carbocycles. The quantitative estimate of drug-likeness (QED) is 0.775. The summed E-state index contributed by atoms with van der Waals surface area (Å²) in [5.41, 5.74) is 1.45.